The van der Waals surface area contributed by atoms with Crippen molar-refractivity contribution in [3.8, 4) is 0 Å². The van der Waals surface area contributed by atoms with Crippen molar-refractivity contribution in [3.05, 3.63) is 47.2 Å². The fraction of sp³-hybridized carbons (Fsp3) is 0.476. The van der Waals surface area contributed by atoms with Crippen LogP contribution in [0, 0.1) is 0 Å². The van der Waals surface area contributed by atoms with Crippen molar-refractivity contribution in [1.29, 1.82) is 0 Å². The summed E-state index contributed by atoms with van der Waals surface area (Å²) in [5, 5.41) is 8.49. The summed E-state index contributed by atoms with van der Waals surface area (Å²) in [5.74, 6) is 2.11. The number of nitrogens with one attached hydrogen (secondary N) is 1. The van der Waals surface area contributed by atoms with Gasteiger partial charge in [-0.05, 0) is 36.2 Å². The summed E-state index contributed by atoms with van der Waals surface area (Å²) in [5.41, 5.74) is 1.25. The minimum atomic E-state index is -0.00662. The van der Waals surface area contributed by atoms with Crippen molar-refractivity contribution < 1.29 is 4.79 Å². The average Bonchev–Trinajstić information content (AvgIpc) is 3.37. The maximum Gasteiger partial charge on any atom is 0.243 e. The number of thioether (sulfide) groups is 1. The molecule has 7 nitrogen and oxygen atoms in total. The first kappa shape index (κ1) is 25.8. The molecule has 1 amide bonds. The number of aryl methyl sites for hydroxylation is 1. The second-order valence-electron chi connectivity index (χ2n) is 7.54. The highest BCUT2D eigenvalue weighted by Crippen LogP contribution is 2.26. The number of nitrogens with zero attached hydrogens (tertiary/aromatic N) is 5. The second-order valence-corrected chi connectivity index (χ2v) is 9.14. The minimum absolute atomic E-state index is 0. The van der Waals surface area contributed by atoms with Crippen molar-refractivity contribution in [1.82, 2.24) is 24.9 Å². The summed E-state index contributed by atoms with van der Waals surface area (Å²) in [6.07, 6.45) is 5.07. The first-order chi connectivity index (χ1) is 14.4. The highest BCUT2D eigenvalue weighted by molar-refractivity contribution is 14.0. The van der Waals surface area contributed by atoms with E-state index in [9.17, 15) is 4.79 Å². The zero-order chi connectivity index (χ0) is 21.5. The molecule has 1 aromatic heterocycles. The maximum atomic E-state index is 12.0. The topological polar surface area (TPSA) is 65.8 Å². The predicted molar refractivity (Wildman–Crippen MR) is 139 cm³/mol. The van der Waals surface area contributed by atoms with Crippen LogP contribution >= 0.6 is 47.3 Å². The lowest BCUT2D eigenvalue weighted by Gasteiger charge is -2.22. The summed E-state index contributed by atoms with van der Waals surface area (Å²) in [6, 6.07) is 7.85. The lowest BCUT2D eigenvalue weighted by Crippen LogP contribution is -2.41. The zero-order valence-corrected chi connectivity index (χ0v) is 22.0. The monoisotopic (exact) mass is 576 g/mol. The van der Waals surface area contributed by atoms with Crippen LogP contribution in [-0.4, -0.2) is 77.5 Å². The molecule has 0 bridgehead atoms. The number of benzene rings is 1. The Kier molecular flexibility index (Phi) is 10.4. The van der Waals surface area contributed by atoms with Gasteiger partial charge in [-0.3, -0.25) is 9.48 Å². The number of likely N-dealkylation sites (N-methyl/N-ethyl adjacent to an activating group) is 1. The molecule has 1 aliphatic rings. The number of carbonyl (C=O) groups excluding carboxylic acids is 1. The fourth-order valence-corrected chi connectivity index (χ4v) is 4.18. The average molecular weight is 577 g/mol. The van der Waals surface area contributed by atoms with E-state index in [4.69, 9.17) is 11.6 Å². The molecule has 1 atom stereocenters. The number of aromatic nitrogens is 2. The van der Waals surface area contributed by atoms with Crippen molar-refractivity contribution in [2.45, 2.75) is 17.2 Å². The predicted octanol–water partition coefficient (Wildman–Crippen LogP) is 3.31. The number of guanidine groups is 1. The molecule has 0 saturated carbocycles. The van der Waals surface area contributed by atoms with E-state index in [-0.39, 0.29) is 36.4 Å². The third kappa shape index (κ3) is 7.87. The molecule has 0 spiro atoms. The van der Waals surface area contributed by atoms with Crippen LogP contribution in [0.5, 0.6) is 0 Å². The van der Waals surface area contributed by atoms with Gasteiger partial charge in [-0.1, -0.05) is 11.6 Å². The molecule has 1 aromatic carbocycles. The van der Waals surface area contributed by atoms with Crippen molar-refractivity contribution >= 4 is 59.2 Å². The number of amides is 1. The van der Waals surface area contributed by atoms with Crippen LogP contribution in [0.3, 0.4) is 0 Å². The van der Waals surface area contributed by atoms with Gasteiger partial charge in [0.1, 0.15) is 6.54 Å². The Hall–Kier alpha value is -1.46. The summed E-state index contributed by atoms with van der Waals surface area (Å²) in [4.78, 5) is 21.6. The first-order valence-electron chi connectivity index (χ1n) is 10.0. The van der Waals surface area contributed by atoms with E-state index in [0.717, 1.165) is 42.8 Å². The minimum Gasteiger partial charge on any atom is -0.355 e. The molecule has 0 aliphatic carbocycles. The Labute approximate surface area is 210 Å². The molecule has 31 heavy (non-hydrogen) atoms. The largest absolute Gasteiger partial charge is 0.355 e. The highest BCUT2D eigenvalue weighted by Gasteiger charge is 2.27. The van der Waals surface area contributed by atoms with Crippen molar-refractivity contribution in [3.63, 3.8) is 0 Å². The Morgan fingerprint density at radius 3 is 2.74 bits per heavy atom. The van der Waals surface area contributed by atoms with E-state index in [1.54, 1.807) is 30.8 Å². The maximum absolute atomic E-state index is 12.0. The zero-order valence-electron chi connectivity index (χ0n) is 18.1. The standard InChI is InChI=1S/C21H29ClN6OS.HI/c1-26(2)20(29)13-24-21(23-9-11-30-19-6-4-18(22)5-7-19)28-10-8-16(15-28)17-12-25-27(3)14-17;/h4-7,12,14,16H,8-11,13,15H2,1-3H3,(H,23,24);1H. The number of halogens is 2. The molecule has 1 fully saturated rings. The Bertz CT molecular complexity index is 873. The molecule has 10 heteroatoms. The van der Waals surface area contributed by atoms with Gasteiger partial charge in [0.15, 0.2) is 5.96 Å². The third-order valence-corrected chi connectivity index (χ3v) is 6.28. The second kappa shape index (κ2) is 12.5. The van der Waals surface area contributed by atoms with Crippen LogP contribution < -0.4 is 5.32 Å². The summed E-state index contributed by atoms with van der Waals surface area (Å²) < 4.78 is 1.84. The highest BCUT2D eigenvalue weighted by atomic mass is 127. The molecule has 0 radical (unpaired) electrons. The fourth-order valence-electron chi connectivity index (χ4n) is 3.29. The molecule has 2 aromatic rings. The van der Waals surface area contributed by atoms with Crippen LogP contribution in [-0.2, 0) is 11.8 Å². The Balaban J connectivity index is 0.00000341. The van der Waals surface area contributed by atoms with Crippen LogP contribution in [0.2, 0.25) is 5.02 Å². The number of likely N-dealkylation sites (tertiary alicyclic amines) is 1. The SMILES string of the molecule is CN(C)C(=O)CN=C(NCCSc1ccc(Cl)cc1)N1CCC(c2cnn(C)c2)C1.I. The Morgan fingerprint density at radius 2 is 2.10 bits per heavy atom. The summed E-state index contributed by atoms with van der Waals surface area (Å²) in [7, 11) is 5.44. The van der Waals surface area contributed by atoms with Gasteiger partial charge in [-0.2, -0.15) is 5.10 Å². The molecule has 1 N–H and O–H groups in total. The van der Waals surface area contributed by atoms with Crippen molar-refractivity contribution in [2.24, 2.45) is 12.0 Å². The van der Waals surface area contributed by atoms with Crippen molar-refractivity contribution in [2.75, 3.05) is 46.0 Å². The van der Waals surface area contributed by atoms with E-state index in [1.165, 1.54) is 10.5 Å². The smallest absolute Gasteiger partial charge is 0.243 e. The molecule has 1 saturated heterocycles. The normalized spacial score (nSPS) is 16.2. The summed E-state index contributed by atoms with van der Waals surface area (Å²) in [6.45, 7) is 2.69. The molecule has 170 valence electrons. The van der Waals surface area contributed by atoms with Gasteiger partial charge in [0.05, 0.1) is 6.20 Å². The number of hydrogen-bond donors (Lipinski definition) is 1. The van der Waals surface area contributed by atoms with E-state index in [0.29, 0.717) is 5.92 Å². The van der Waals surface area contributed by atoms with Gasteiger partial charge in [0.25, 0.3) is 0 Å². The molecular formula is C21H30ClIN6OS. The Morgan fingerprint density at radius 1 is 1.35 bits per heavy atom. The molecular weight excluding hydrogens is 547 g/mol. The molecule has 2 heterocycles. The van der Waals surface area contributed by atoms with E-state index < -0.39 is 0 Å². The lowest BCUT2D eigenvalue weighted by molar-refractivity contribution is -0.127. The number of carbonyl (C=O) groups is 1. The number of hydrogen-bond acceptors (Lipinski definition) is 4. The summed E-state index contributed by atoms with van der Waals surface area (Å²) >= 11 is 7.71. The van der Waals surface area contributed by atoms with Gasteiger partial charge in [-0.15, -0.1) is 35.7 Å². The van der Waals surface area contributed by atoms with Crippen LogP contribution in [0.25, 0.3) is 0 Å². The number of rotatable bonds is 7. The van der Waals surface area contributed by atoms with Crippen LogP contribution in [0.1, 0.15) is 17.9 Å². The first-order valence-corrected chi connectivity index (χ1v) is 11.4. The molecule has 3 rings (SSSR count). The third-order valence-electron chi connectivity index (χ3n) is 5.01. The lowest BCUT2D eigenvalue weighted by atomic mass is 10.0. The van der Waals surface area contributed by atoms with Gasteiger partial charge >= 0.3 is 0 Å². The molecule has 1 aliphatic heterocycles. The number of aliphatic imine (C=N–C) groups is 1. The quantitative estimate of drug-likeness (QED) is 0.180. The van der Waals surface area contributed by atoms with E-state index >= 15 is 0 Å². The van der Waals surface area contributed by atoms with Gasteiger partial charge in [-0.25, -0.2) is 4.99 Å². The van der Waals surface area contributed by atoms with Gasteiger partial charge in [0, 0.05) is 68.6 Å². The van der Waals surface area contributed by atoms with Gasteiger partial charge in [0.2, 0.25) is 5.91 Å². The molecule has 1 unspecified atom stereocenters. The van der Waals surface area contributed by atoms with Crippen LogP contribution in [0.15, 0.2) is 46.5 Å². The van der Waals surface area contributed by atoms with E-state index in [2.05, 4.69) is 26.5 Å². The van der Waals surface area contributed by atoms with Crippen LogP contribution in [0.4, 0.5) is 0 Å². The van der Waals surface area contributed by atoms with Gasteiger partial charge < -0.3 is 15.1 Å². The van der Waals surface area contributed by atoms with E-state index in [1.807, 2.05) is 42.2 Å².